The average Bonchev–Trinajstić information content (AvgIpc) is 3.10. The molecule has 9 heteroatoms. The van der Waals surface area contributed by atoms with E-state index in [1.54, 1.807) is 31.1 Å². The topological polar surface area (TPSA) is 91.3 Å². The van der Waals surface area contributed by atoms with Gasteiger partial charge < -0.3 is 20.1 Å². The second-order valence-corrected chi connectivity index (χ2v) is 7.07. The van der Waals surface area contributed by atoms with Crippen LogP contribution in [0.2, 0.25) is 0 Å². The van der Waals surface area contributed by atoms with Crippen molar-refractivity contribution in [3.05, 3.63) is 59.5 Å². The minimum absolute atomic E-state index is 0.340. The number of halogens is 1. The number of hydrogen-bond acceptors (Lipinski definition) is 7. The maximum Gasteiger partial charge on any atom is 0.229 e. The van der Waals surface area contributed by atoms with Crippen LogP contribution in [0.5, 0.6) is 17.2 Å². The van der Waals surface area contributed by atoms with Crippen molar-refractivity contribution in [2.24, 2.45) is 7.05 Å². The van der Waals surface area contributed by atoms with E-state index < -0.39 is 0 Å². The van der Waals surface area contributed by atoms with Gasteiger partial charge in [0, 0.05) is 24.7 Å². The highest BCUT2D eigenvalue weighted by Crippen LogP contribution is 2.40. The van der Waals surface area contributed by atoms with E-state index >= 15 is 0 Å². The molecule has 0 bridgehead atoms. The van der Waals surface area contributed by atoms with E-state index in [0.717, 1.165) is 5.56 Å². The first-order valence-electron chi connectivity index (χ1n) is 9.36. The minimum Gasteiger partial charge on any atom is -0.493 e. The van der Waals surface area contributed by atoms with Crippen molar-refractivity contribution in [3.8, 4) is 17.2 Å². The van der Waals surface area contributed by atoms with Gasteiger partial charge in [0.2, 0.25) is 5.95 Å². The van der Waals surface area contributed by atoms with Crippen LogP contribution in [-0.2, 0) is 20.1 Å². The van der Waals surface area contributed by atoms with Gasteiger partial charge in [-0.25, -0.2) is 4.39 Å². The molecular weight excluding hydrogens is 387 g/mol. The van der Waals surface area contributed by atoms with Crippen molar-refractivity contribution < 1.29 is 13.9 Å². The number of aryl methyl sites for hydroxylation is 1. The number of rotatable bonds is 2. The number of para-hydroxylation sites is 1. The molecule has 3 heterocycles. The molecule has 152 valence electrons. The zero-order chi connectivity index (χ0) is 20.8. The summed E-state index contributed by atoms with van der Waals surface area (Å²) < 4.78 is 27.3. The van der Waals surface area contributed by atoms with Crippen LogP contribution < -0.4 is 20.1 Å². The molecule has 30 heavy (non-hydrogen) atoms. The quantitative estimate of drug-likeness (QED) is 0.545. The Bertz CT molecular complexity index is 1270. The number of aromatic nitrogens is 4. The second kappa shape index (κ2) is 6.87. The average molecular weight is 406 g/mol. The number of fused-ring (bicyclic) bond motifs is 3. The maximum absolute atomic E-state index is 14.0. The molecule has 0 radical (unpaired) electrons. The Morgan fingerprint density at radius 2 is 1.97 bits per heavy atom. The van der Waals surface area contributed by atoms with Gasteiger partial charge in [0.05, 0.1) is 25.2 Å². The van der Waals surface area contributed by atoms with Crippen LogP contribution in [-0.4, -0.2) is 26.9 Å². The van der Waals surface area contributed by atoms with Crippen molar-refractivity contribution in [1.29, 1.82) is 0 Å². The molecule has 0 atom stereocenters. The van der Waals surface area contributed by atoms with Gasteiger partial charge in [-0.3, -0.25) is 4.68 Å². The van der Waals surface area contributed by atoms with Crippen LogP contribution in [0.25, 0.3) is 11.0 Å². The molecule has 4 aromatic rings. The zero-order valence-electron chi connectivity index (χ0n) is 16.5. The van der Waals surface area contributed by atoms with Crippen LogP contribution >= 0.6 is 0 Å². The van der Waals surface area contributed by atoms with Gasteiger partial charge in [0.1, 0.15) is 17.4 Å². The fraction of sp³-hybridized carbons (Fsp3) is 0.190. The van der Waals surface area contributed by atoms with Gasteiger partial charge in [-0.15, -0.1) is 0 Å². The number of anilines is 2. The summed E-state index contributed by atoms with van der Waals surface area (Å²) in [5.41, 5.74) is 8.35. The van der Waals surface area contributed by atoms with Crippen LogP contribution in [0.4, 0.5) is 16.2 Å². The highest BCUT2D eigenvalue weighted by molar-refractivity contribution is 5.86. The Kier molecular flexibility index (Phi) is 4.16. The SMILES string of the molecule is COc1cccc2c1Oc1ccc(F)cc1CN(c1nc(N)c3cnn(C)c3n1)C2. The summed E-state index contributed by atoms with van der Waals surface area (Å²) in [6.45, 7) is 0.762. The van der Waals surface area contributed by atoms with E-state index in [9.17, 15) is 4.39 Å². The first kappa shape index (κ1) is 18.2. The van der Waals surface area contributed by atoms with E-state index in [4.69, 9.17) is 15.2 Å². The molecule has 0 aliphatic carbocycles. The van der Waals surface area contributed by atoms with Crippen LogP contribution in [0.3, 0.4) is 0 Å². The summed E-state index contributed by atoms with van der Waals surface area (Å²) in [7, 11) is 3.38. The summed E-state index contributed by atoms with van der Waals surface area (Å²) in [6, 6.07) is 10.1. The molecule has 2 aromatic carbocycles. The largest absolute Gasteiger partial charge is 0.493 e. The number of hydrogen-bond donors (Lipinski definition) is 1. The first-order chi connectivity index (χ1) is 14.5. The third-order valence-corrected chi connectivity index (χ3v) is 5.13. The summed E-state index contributed by atoms with van der Waals surface area (Å²) >= 11 is 0. The zero-order valence-corrected chi connectivity index (χ0v) is 16.5. The van der Waals surface area contributed by atoms with E-state index in [-0.39, 0.29) is 5.82 Å². The highest BCUT2D eigenvalue weighted by atomic mass is 19.1. The number of nitrogens with two attached hydrogens (primary N) is 1. The van der Waals surface area contributed by atoms with Crippen molar-refractivity contribution in [3.63, 3.8) is 0 Å². The first-order valence-corrected chi connectivity index (χ1v) is 9.36. The molecular formula is C21H19FN6O2. The summed E-state index contributed by atoms with van der Waals surface area (Å²) in [6.07, 6.45) is 1.64. The lowest BCUT2D eigenvalue weighted by Gasteiger charge is -2.28. The smallest absolute Gasteiger partial charge is 0.229 e. The van der Waals surface area contributed by atoms with Gasteiger partial charge >= 0.3 is 0 Å². The van der Waals surface area contributed by atoms with Crippen molar-refractivity contribution in [1.82, 2.24) is 19.7 Å². The molecule has 5 rings (SSSR count). The van der Waals surface area contributed by atoms with Crippen LogP contribution in [0, 0.1) is 5.82 Å². The number of benzene rings is 2. The lowest BCUT2D eigenvalue weighted by molar-refractivity contribution is 0.372. The van der Waals surface area contributed by atoms with Crippen molar-refractivity contribution in [2.45, 2.75) is 13.1 Å². The highest BCUT2D eigenvalue weighted by Gasteiger charge is 2.24. The summed E-state index contributed by atoms with van der Waals surface area (Å²) in [5, 5.41) is 4.90. The number of methoxy groups -OCH3 is 1. The third-order valence-electron chi connectivity index (χ3n) is 5.13. The monoisotopic (exact) mass is 406 g/mol. The Morgan fingerprint density at radius 3 is 2.80 bits per heavy atom. The van der Waals surface area contributed by atoms with Gasteiger partial charge in [-0.1, -0.05) is 12.1 Å². The van der Waals surface area contributed by atoms with E-state index in [1.165, 1.54) is 12.1 Å². The normalized spacial score (nSPS) is 13.2. The second-order valence-electron chi connectivity index (χ2n) is 7.07. The number of ether oxygens (including phenoxy) is 2. The number of nitrogens with zero attached hydrogens (tertiary/aromatic N) is 5. The summed E-state index contributed by atoms with van der Waals surface area (Å²) in [5.74, 6) is 2.13. The third kappa shape index (κ3) is 2.95. The molecule has 8 nitrogen and oxygen atoms in total. The van der Waals surface area contributed by atoms with E-state index in [0.29, 0.717) is 58.7 Å². The van der Waals surface area contributed by atoms with Crippen molar-refractivity contribution in [2.75, 3.05) is 17.7 Å². The molecule has 0 spiro atoms. The standard InChI is InChI=1S/C21H19FN6O2/c1-27-20-15(9-24-27)19(23)25-21(26-20)28-10-12-4-3-5-17(29-2)18(12)30-16-7-6-14(22)8-13(16)11-28/h3-9H,10-11H2,1-2H3,(H2,23,25,26). The maximum atomic E-state index is 14.0. The van der Waals surface area contributed by atoms with Gasteiger partial charge in [-0.2, -0.15) is 15.1 Å². The Morgan fingerprint density at radius 1 is 1.13 bits per heavy atom. The van der Waals surface area contributed by atoms with E-state index in [2.05, 4.69) is 15.1 Å². The molecule has 0 saturated carbocycles. The van der Waals surface area contributed by atoms with Gasteiger partial charge in [-0.05, 0) is 24.3 Å². The van der Waals surface area contributed by atoms with E-state index in [1.807, 2.05) is 23.1 Å². The Balaban J connectivity index is 1.69. The molecule has 2 N–H and O–H groups in total. The fourth-order valence-electron chi connectivity index (χ4n) is 3.63. The Hall–Kier alpha value is -3.88. The minimum atomic E-state index is -0.347. The van der Waals surface area contributed by atoms with Crippen molar-refractivity contribution >= 4 is 22.8 Å². The molecule has 0 unspecified atom stereocenters. The fourth-order valence-corrected chi connectivity index (χ4v) is 3.63. The predicted octanol–water partition coefficient (Wildman–Crippen LogP) is 3.41. The molecule has 0 fully saturated rings. The molecule has 0 saturated heterocycles. The molecule has 2 aromatic heterocycles. The molecule has 1 aliphatic rings. The molecule has 1 aliphatic heterocycles. The molecule has 0 amide bonds. The van der Waals surface area contributed by atoms with Crippen LogP contribution in [0.1, 0.15) is 11.1 Å². The summed E-state index contributed by atoms with van der Waals surface area (Å²) in [4.78, 5) is 11.1. The predicted molar refractivity (Wildman–Crippen MR) is 110 cm³/mol. The van der Waals surface area contributed by atoms with Crippen LogP contribution in [0.15, 0.2) is 42.6 Å². The Labute approximate surface area is 171 Å². The van der Waals surface area contributed by atoms with Gasteiger partial charge in [0.15, 0.2) is 17.1 Å². The van der Waals surface area contributed by atoms with Gasteiger partial charge in [0.25, 0.3) is 0 Å². The lowest BCUT2D eigenvalue weighted by atomic mass is 10.1. The number of nitrogen functional groups attached to an aromatic ring is 1. The lowest BCUT2D eigenvalue weighted by Crippen LogP contribution is -2.26.